The molecular formula is C13H15ClN2O2. The number of carbonyl (C=O) groups excluding carboxylic acids is 2. The van der Waals surface area contributed by atoms with Crippen LogP contribution in [0.25, 0.3) is 0 Å². The molecule has 96 valence electrons. The Morgan fingerprint density at radius 3 is 2.22 bits per heavy atom. The first kappa shape index (κ1) is 12.9. The monoisotopic (exact) mass is 266 g/mol. The van der Waals surface area contributed by atoms with Crippen LogP contribution in [0.4, 0.5) is 5.69 Å². The van der Waals surface area contributed by atoms with E-state index in [9.17, 15) is 9.59 Å². The zero-order valence-electron chi connectivity index (χ0n) is 10.5. The Bertz CT molecular complexity index is 496. The van der Waals surface area contributed by atoms with Crippen molar-refractivity contribution >= 4 is 29.1 Å². The normalized spacial score (nSPS) is 24.1. The molecule has 1 aromatic carbocycles. The van der Waals surface area contributed by atoms with E-state index in [1.54, 1.807) is 24.8 Å². The number of carbonyl (C=O) groups is 2. The summed E-state index contributed by atoms with van der Waals surface area (Å²) in [7, 11) is 0. The first-order valence-electron chi connectivity index (χ1n) is 5.81. The van der Waals surface area contributed by atoms with E-state index in [1.807, 2.05) is 19.1 Å². The molecule has 1 aliphatic heterocycles. The zero-order chi connectivity index (χ0) is 13.4. The lowest BCUT2D eigenvalue weighted by Gasteiger charge is -2.38. The summed E-state index contributed by atoms with van der Waals surface area (Å²) in [5.41, 5.74) is 1.75. The average Bonchev–Trinajstić information content (AvgIpc) is 2.31. The number of imide groups is 1. The van der Waals surface area contributed by atoms with Crippen LogP contribution >= 0.6 is 11.6 Å². The third-order valence-electron chi connectivity index (χ3n) is 3.29. The summed E-state index contributed by atoms with van der Waals surface area (Å²) in [6.07, 6.45) is 0. The quantitative estimate of drug-likeness (QED) is 0.790. The molecule has 1 fully saturated rings. The van der Waals surface area contributed by atoms with Gasteiger partial charge in [-0.15, -0.1) is 0 Å². The summed E-state index contributed by atoms with van der Waals surface area (Å²) in [4.78, 5) is 25.1. The summed E-state index contributed by atoms with van der Waals surface area (Å²) in [5, 5.41) is 2.98. The Balaban J connectivity index is 2.42. The van der Waals surface area contributed by atoms with E-state index < -0.39 is 12.1 Å². The van der Waals surface area contributed by atoms with Crippen LogP contribution in [0.5, 0.6) is 0 Å². The van der Waals surface area contributed by atoms with Crippen LogP contribution in [0.1, 0.15) is 19.4 Å². The number of halogens is 1. The molecule has 0 aromatic heterocycles. The Hall–Kier alpha value is -1.55. The number of benzene rings is 1. The van der Waals surface area contributed by atoms with Gasteiger partial charge in [-0.25, -0.2) is 0 Å². The summed E-state index contributed by atoms with van der Waals surface area (Å²) in [6.45, 7) is 5.45. The highest BCUT2D eigenvalue weighted by Crippen LogP contribution is 2.27. The van der Waals surface area contributed by atoms with E-state index in [4.69, 9.17) is 11.6 Å². The van der Waals surface area contributed by atoms with Crippen LogP contribution < -0.4 is 10.2 Å². The summed E-state index contributed by atoms with van der Waals surface area (Å²) >= 11 is 6.09. The van der Waals surface area contributed by atoms with Crippen LogP contribution in [0.2, 0.25) is 5.02 Å². The van der Waals surface area contributed by atoms with E-state index in [0.29, 0.717) is 5.02 Å². The molecule has 5 heteroatoms. The average molecular weight is 267 g/mol. The van der Waals surface area contributed by atoms with Crippen LogP contribution in [0.3, 0.4) is 0 Å². The van der Waals surface area contributed by atoms with Gasteiger partial charge in [0.2, 0.25) is 11.8 Å². The lowest BCUT2D eigenvalue weighted by molar-refractivity contribution is -0.134. The minimum Gasteiger partial charge on any atom is -0.348 e. The lowest BCUT2D eigenvalue weighted by Crippen LogP contribution is -2.61. The maximum absolute atomic E-state index is 11.7. The molecule has 1 aromatic rings. The molecule has 1 N–H and O–H groups in total. The molecule has 2 amide bonds. The third kappa shape index (κ3) is 2.08. The van der Waals surface area contributed by atoms with Gasteiger partial charge in [-0.2, -0.15) is 0 Å². The fourth-order valence-electron chi connectivity index (χ4n) is 2.11. The highest BCUT2D eigenvalue weighted by atomic mass is 35.5. The molecule has 2 unspecified atom stereocenters. The first-order valence-corrected chi connectivity index (χ1v) is 6.19. The molecule has 4 nitrogen and oxygen atoms in total. The van der Waals surface area contributed by atoms with Crippen molar-refractivity contribution in [3.05, 3.63) is 28.8 Å². The maximum atomic E-state index is 11.7. The minimum absolute atomic E-state index is 0.283. The van der Waals surface area contributed by atoms with Crippen LogP contribution in [0.15, 0.2) is 18.2 Å². The van der Waals surface area contributed by atoms with Gasteiger partial charge in [-0.1, -0.05) is 17.7 Å². The number of rotatable bonds is 1. The molecule has 0 spiro atoms. The molecule has 0 bridgehead atoms. The van der Waals surface area contributed by atoms with Crippen LogP contribution in [0, 0.1) is 6.92 Å². The molecule has 18 heavy (non-hydrogen) atoms. The molecule has 1 heterocycles. The topological polar surface area (TPSA) is 49.4 Å². The van der Waals surface area contributed by atoms with Crippen molar-refractivity contribution in [2.24, 2.45) is 0 Å². The predicted octanol–water partition coefficient (Wildman–Crippen LogP) is 1.89. The van der Waals surface area contributed by atoms with Crippen molar-refractivity contribution < 1.29 is 9.59 Å². The van der Waals surface area contributed by atoms with Gasteiger partial charge in [0.1, 0.15) is 12.1 Å². The molecule has 2 atom stereocenters. The van der Waals surface area contributed by atoms with Crippen molar-refractivity contribution in [3.63, 3.8) is 0 Å². The van der Waals surface area contributed by atoms with Gasteiger partial charge in [0, 0.05) is 10.7 Å². The zero-order valence-corrected chi connectivity index (χ0v) is 11.3. The SMILES string of the molecule is Cc1ccc(N2C(C)C(=O)NC(=O)C2C)cc1Cl. The number of amides is 2. The van der Waals surface area contributed by atoms with E-state index in [-0.39, 0.29) is 11.8 Å². The summed E-state index contributed by atoms with van der Waals surface area (Å²) in [5.74, 6) is -0.565. The van der Waals surface area contributed by atoms with Gasteiger partial charge in [0.25, 0.3) is 0 Å². The van der Waals surface area contributed by atoms with Gasteiger partial charge in [0.05, 0.1) is 0 Å². The standard InChI is InChI=1S/C13H15ClN2O2/c1-7-4-5-10(6-11(7)14)16-8(2)12(17)15-13(18)9(16)3/h4-6,8-9H,1-3H3,(H,15,17,18). The Kier molecular flexibility index (Phi) is 3.30. The third-order valence-corrected chi connectivity index (χ3v) is 3.70. The van der Waals surface area contributed by atoms with E-state index in [0.717, 1.165) is 11.3 Å². The molecular weight excluding hydrogens is 252 g/mol. The van der Waals surface area contributed by atoms with E-state index >= 15 is 0 Å². The minimum atomic E-state index is -0.392. The van der Waals surface area contributed by atoms with Gasteiger partial charge < -0.3 is 4.90 Å². The fourth-order valence-corrected chi connectivity index (χ4v) is 2.28. The van der Waals surface area contributed by atoms with Crippen molar-refractivity contribution in [2.75, 3.05) is 4.90 Å². The highest BCUT2D eigenvalue weighted by Gasteiger charge is 2.36. The number of aryl methyl sites for hydroxylation is 1. The highest BCUT2D eigenvalue weighted by molar-refractivity contribution is 6.31. The largest absolute Gasteiger partial charge is 0.348 e. The van der Waals surface area contributed by atoms with Crippen molar-refractivity contribution in [2.45, 2.75) is 32.9 Å². The van der Waals surface area contributed by atoms with Crippen LogP contribution in [-0.2, 0) is 9.59 Å². The van der Waals surface area contributed by atoms with E-state index in [1.165, 1.54) is 0 Å². The van der Waals surface area contributed by atoms with Crippen LogP contribution in [-0.4, -0.2) is 23.9 Å². The Labute approximate surface area is 111 Å². The first-order chi connectivity index (χ1) is 8.41. The fraction of sp³-hybridized carbons (Fsp3) is 0.385. The molecule has 0 saturated carbocycles. The maximum Gasteiger partial charge on any atom is 0.249 e. The molecule has 2 rings (SSSR count). The molecule has 0 radical (unpaired) electrons. The van der Waals surface area contributed by atoms with Gasteiger partial charge >= 0.3 is 0 Å². The predicted molar refractivity (Wildman–Crippen MR) is 70.7 cm³/mol. The second kappa shape index (κ2) is 4.61. The second-order valence-corrected chi connectivity index (χ2v) is 4.95. The van der Waals surface area contributed by atoms with Gasteiger partial charge in [0.15, 0.2) is 0 Å². The van der Waals surface area contributed by atoms with E-state index in [2.05, 4.69) is 5.32 Å². The Morgan fingerprint density at radius 1 is 1.17 bits per heavy atom. The number of hydrogen-bond acceptors (Lipinski definition) is 3. The lowest BCUT2D eigenvalue weighted by atomic mass is 10.1. The summed E-state index contributed by atoms with van der Waals surface area (Å²) < 4.78 is 0. The number of hydrogen-bond donors (Lipinski definition) is 1. The number of piperazine rings is 1. The van der Waals surface area contributed by atoms with Crippen molar-refractivity contribution in [1.82, 2.24) is 5.32 Å². The molecule has 1 aliphatic rings. The van der Waals surface area contributed by atoms with Gasteiger partial charge in [-0.05, 0) is 38.5 Å². The molecule has 0 aliphatic carbocycles. The second-order valence-electron chi connectivity index (χ2n) is 4.55. The molecule has 1 saturated heterocycles. The van der Waals surface area contributed by atoms with Crippen molar-refractivity contribution in [3.8, 4) is 0 Å². The number of nitrogens with zero attached hydrogens (tertiary/aromatic N) is 1. The van der Waals surface area contributed by atoms with Crippen molar-refractivity contribution in [1.29, 1.82) is 0 Å². The number of nitrogens with one attached hydrogen (secondary N) is 1. The summed E-state index contributed by atoms with van der Waals surface area (Å²) in [6, 6.07) is 4.76. The number of anilines is 1. The smallest absolute Gasteiger partial charge is 0.249 e. The van der Waals surface area contributed by atoms with Gasteiger partial charge in [-0.3, -0.25) is 14.9 Å². The Morgan fingerprint density at radius 2 is 1.72 bits per heavy atom.